The first-order valence-electron chi connectivity index (χ1n) is 7.96. The highest BCUT2D eigenvalue weighted by Gasteiger charge is 2.32. The second-order valence-corrected chi connectivity index (χ2v) is 8.19. The summed E-state index contributed by atoms with van der Waals surface area (Å²) >= 11 is 6.64. The quantitative estimate of drug-likeness (QED) is 0.670. The van der Waals surface area contributed by atoms with Gasteiger partial charge in [0.25, 0.3) is 5.91 Å². The maximum atomic E-state index is 12.4. The van der Waals surface area contributed by atoms with Crippen LogP contribution >= 0.6 is 31.9 Å². The highest BCUT2D eigenvalue weighted by atomic mass is 79.9. The van der Waals surface area contributed by atoms with Crippen molar-refractivity contribution in [2.24, 2.45) is 5.92 Å². The van der Waals surface area contributed by atoms with Crippen LogP contribution in [-0.2, 0) is 11.2 Å². The van der Waals surface area contributed by atoms with Crippen molar-refractivity contribution in [3.63, 3.8) is 0 Å². The van der Waals surface area contributed by atoms with Crippen molar-refractivity contribution in [2.45, 2.75) is 58.6 Å². The third-order valence-electron chi connectivity index (χ3n) is 4.01. The van der Waals surface area contributed by atoms with E-state index in [4.69, 9.17) is 4.74 Å². The first-order chi connectivity index (χ1) is 10.8. The molecule has 4 nitrogen and oxygen atoms in total. The Morgan fingerprint density at radius 3 is 2.74 bits per heavy atom. The van der Waals surface area contributed by atoms with Crippen LogP contribution in [0.2, 0.25) is 0 Å². The molecule has 1 aromatic rings. The number of rotatable bonds is 6. The van der Waals surface area contributed by atoms with Crippen LogP contribution in [0.1, 0.15) is 45.6 Å². The van der Waals surface area contributed by atoms with Crippen LogP contribution in [0.25, 0.3) is 0 Å². The molecular weight excluding hydrogens is 426 g/mol. The molecule has 0 radical (unpaired) electrons. The molecule has 1 amide bonds. The van der Waals surface area contributed by atoms with E-state index < -0.39 is 6.10 Å². The number of amides is 1. The molecule has 2 rings (SSSR count). The van der Waals surface area contributed by atoms with E-state index in [1.54, 1.807) is 6.07 Å². The van der Waals surface area contributed by atoms with E-state index in [0.29, 0.717) is 27.0 Å². The van der Waals surface area contributed by atoms with Gasteiger partial charge in [-0.3, -0.25) is 4.79 Å². The number of halogens is 2. The lowest BCUT2D eigenvalue weighted by atomic mass is 10.0. The molecule has 0 aliphatic carbocycles. The molecule has 0 aromatic heterocycles. The summed E-state index contributed by atoms with van der Waals surface area (Å²) in [6, 6.07) is 1.84. The van der Waals surface area contributed by atoms with E-state index in [0.717, 1.165) is 18.4 Å². The smallest absolute Gasteiger partial charge is 0.261 e. The molecule has 23 heavy (non-hydrogen) atoms. The number of benzene rings is 1. The van der Waals surface area contributed by atoms with Crippen molar-refractivity contribution in [1.29, 1.82) is 0 Å². The molecule has 1 aliphatic rings. The van der Waals surface area contributed by atoms with Gasteiger partial charge in [0.05, 0.1) is 8.95 Å². The Kier molecular flexibility index (Phi) is 6.37. The molecule has 0 saturated heterocycles. The normalized spacial score (nSPS) is 17.7. The van der Waals surface area contributed by atoms with E-state index in [9.17, 15) is 9.90 Å². The molecule has 1 aliphatic heterocycles. The molecule has 2 N–H and O–H groups in total. The fourth-order valence-electron chi connectivity index (χ4n) is 2.69. The lowest BCUT2D eigenvalue weighted by molar-refractivity contribution is -0.127. The van der Waals surface area contributed by atoms with Gasteiger partial charge in [-0.1, -0.05) is 26.7 Å². The van der Waals surface area contributed by atoms with Crippen molar-refractivity contribution < 1.29 is 14.6 Å². The summed E-state index contributed by atoms with van der Waals surface area (Å²) in [6.07, 6.45) is 3.17. The third-order valence-corrected chi connectivity index (χ3v) is 5.47. The zero-order valence-electron chi connectivity index (χ0n) is 13.7. The van der Waals surface area contributed by atoms with Gasteiger partial charge in [-0.05, 0) is 57.2 Å². The number of carbonyl (C=O) groups is 1. The molecule has 0 bridgehead atoms. The van der Waals surface area contributed by atoms with Crippen molar-refractivity contribution in [2.75, 3.05) is 0 Å². The highest BCUT2D eigenvalue weighted by Crippen LogP contribution is 2.44. The molecule has 128 valence electrons. The van der Waals surface area contributed by atoms with Gasteiger partial charge in [0, 0.05) is 18.0 Å². The summed E-state index contributed by atoms with van der Waals surface area (Å²) in [5.74, 6) is 1.36. The van der Waals surface area contributed by atoms with Crippen molar-refractivity contribution in [3.05, 3.63) is 20.6 Å². The molecule has 1 heterocycles. The van der Waals surface area contributed by atoms with Crippen LogP contribution in [0.3, 0.4) is 0 Å². The minimum atomic E-state index is -0.539. The van der Waals surface area contributed by atoms with E-state index in [1.165, 1.54) is 6.42 Å². The lowest BCUT2D eigenvalue weighted by Gasteiger charge is -2.17. The Labute approximate surface area is 154 Å². The van der Waals surface area contributed by atoms with Crippen LogP contribution in [0.15, 0.2) is 15.0 Å². The maximum Gasteiger partial charge on any atom is 0.261 e. The van der Waals surface area contributed by atoms with Gasteiger partial charge in [-0.15, -0.1) is 0 Å². The number of nitrogens with one attached hydrogen (secondary N) is 1. The number of aromatic hydroxyl groups is 1. The highest BCUT2D eigenvalue weighted by molar-refractivity contribution is 9.11. The van der Waals surface area contributed by atoms with Gasteiger partial charge in [0.1, 0.15) is 11.5 Å². The van der Waals surface area contributed by atoms with Crippen molar-refractivity contribution in [3.8, 4) is 11.5 Å². The van der Waals surface area contributed by atoms with Gasteiger partial charge in [0.15, 0.2) is 6.10 Å². The molecule has 6 heteroatoms. The lowest BCUT2D eigenvalue weighted by Crippen LogP contribution is -2.42. The predicted molar refractivity (Wildman–Crippen MR) is 97.9 cm³/mol. The molecule has 2 atom stereocenters. The Balaban J connectivity index is 1.92. The number of phenols is 1. The number of phenolic OH excluding ortho intramolecular Hbond substituents is 1. The first-order valence-corrected chi connectivity index (χ1v) is 9.55. The number of ether oxygens (including phenoxy) is 1. The van der Waals surface area contributed by atoms with Crippen molar-refractivity contribution >= 4 is 37.8 Å². The largest absolute Gasteiger partial charge is 0.506 e. The predicted octanol–water partition coefficient (Wildman–Crippen LogP) is 4.55. The maximum absolute atomic E-state index is 12.4. The minimum Gasteiger partial charge on any atom is -0.506 e. The molecule has 0 saturated carbocycles. The van der Waals surface area contributed by atoms with Crippen LogP contribution in [0.4, 0.5) is 0 Å². The zero-order chi connectivity index (χ0) is 17.1. The Morgan fingerprint density at radius 1 is 1.39 bits per heavy atom. The molecule has 2 unspecified atom stereocenters. The second-order valence-electron chi connectivity index (χ2n) is 6.54. The van der Waals surface area contributed by atoms with Crippen molar-refractivity contribution in [1.82, 2.24) is 5.32 Å². The van der Waals surface area contributed by atoms with Crippen LogP contribution in [-0.4, -0.2) is 23.2 Å². The van der Waals surface area contributed by atoms with Gasteiger partial charge < -0.3 is 15.2 Å². The summed E-state index contributed by atoms with van der Waals surface area (Å²) in [6.45, 7) is 6.44. The fraction of sp³-hybridized carbons (Fsp3) is 0.588. The van der Waals surface area contributed by atoms with E-state index in [1.807, 2.05) is 6.92 Å². The number of hydrogen-bond acceptors (Lipinski definition) is 3. The standard InChI is InChI=1S/C17H23Br2NO3/c1-9(2)5-4-6-10(3)20-17(22)14-7-11-13(23-14)8-12(18)16(21)15(11)19/h8-10,14,21H,4-7H2,1-3H3,(H,20,22). The first kappa shape index (κ1) is 18.6. The number of hydrogen-bond donors (Lipinski definition) is 2. The topological polar surface area (TPSA) is 58.6 Å². The average Bonchev–Trinajstić information content (AvgIpc) is 2.88. The van der Waals surface area contributed by atoms with E-state index in [2.05, 4.69) is 51.0 Å². The molecule has 1 aromatic carbocycles. The fourth-order valence-corrected chi connectivity index (χ4v) is 3.93. The summed E-state index contributed by atoms with van der Waals surface area (Å²) < 4.78 is 6.88. The number of carbonyl (C=O) groups excluding carboxylic acids is 1. The average molecular weight is 449 g/mol. The minimum absolute atomic E-state index is 0.0965. The monoisotopic (exact) mass is 447 g/mol. The summed E-state index contributed by atoms with van der Waals surface area (Å²) in [5, 5.41) is 13.0. The van der Waals surface area contributed by atoms with Gasteiger partial charge in [0.2, 0.25) is 0 Å². The Morgan fingerprint density at radius 2 is 2.09 bits per heavy atom. The SMILES string of the molecule is CC(C)CCCC(C)NC(=O)C1Cc2c(cc(Br)c(O)c2Br)O1. The van der Waals surface area contributed by atoms with Gasteiger partial charge in [-0.25, -0.2) is 0 Å². The Bertz CT molecular complexity index is 590. The third kappa shape index (κ3) is 4.63. The van der Waals surface area contributed by atoms with Gasteiger partial charge >= 0.3 is 0 Å². The summed E-state index contributed by atoms with van der Waals surface area (Å²) in [7, 11) is 0. The molecular formula is C17H23Br2NO3. The second kappa shape index (κ2) is 7.88. The number of fused-ring (bicyclic) bond motifs is 1. The van der Waals surface area contributed by atoms with E-state index in [-0.39, 0.29) is 17.7 Å². The molecule has 0 fully saturated rings. The summed E-state index contributed by atoms with van der Waals surface area (Å²) in [4.78, 5) is 12.4. The van der Waals surface area contributed by atoms with E-state index >= 15 is 0 Å². The summed E-state index contributed by atoms with van der Waals surface area (Å²) in [5.41, 5.74) is 0.832. The molecule has 0 spiro atoms. The van der Waals surface area contributed by atoms with Gasteiger partial charge in [-0.2, -0.15) is 0 Å². The van der Waals surface area contributed by atoms with Crippen LogP contribution < -0.4 is 10.1 Å². The van der Waals surface area contributed by atoms with Crippen LogP contribution in [0, 0.1) is 5.92 Å². The van der Waals surface area contributed by atoms with Crippen LogP contribution in [0.5, 0.6) is 11.5 Å². The Hall–Kier alpha value is -0.750. The zero-order valence-corrected chi connectivity index (χ0v) is 16.8.